The molecule has 2 rings (SSSR count). The van der Waals surface area contributed by atoms with Gasteiger partial charge in [-0.1, -0.05) is 0 Å². The highest BCUT2D eigenvalue weighted by Crippen LogP contribution is 2.30. The van der Waals surface area contributed by atoms with Crippen molar-refractivity contribution in [3.8, 4) is 0 Å². The minimum Gasteiger partial charge on any atom is -0.399 e. The van der Waals surface area contributed by atoms with E-state index in [1.54, 1.807) is 20.1 Å². The van der Waals surface area contributed by atoms with Crippen LogP contribution in [0, 0.1) is 6.92 Å². The third-order valence-corrected chi connectivity index (χ3v) is 4.80. The number of nitrogens with one attached hydrogen (secondary N) is 1. The molecular weight excluding hydrogens is 278 g/mol. The van der Waals surface area contributed by atoms with Gasteiger partial charge in [0.05, 0.1) is 11.0 Å². The largest absolute Gasteiger partial charge is 0.399 e. The van der Waals surface area contributed by atoms with E-state index in [9.17, 15) is 8.42 Å². The van der Waals surface area contributed by atoms with E-state index in [0.717, 1.165) is 24.9 Å². The summed E-state index contributed by atoms with van der Waals surface area (Å²) in [4.78, 5) is 0.0706. The number of nitrogens with two attached hydrogens (primary N) is 2. The number of hydrogen-bond acceptors (Lipinski definition) is 5. The number of hydrogen-bond donors (Lipinski definition) is 3. The molecule has 0 amide bonds. The van der Waals surface area contributed by atoms with Gasteiger partial charge in [-0.05, 0) is 43.9 Å². The molecule has 1 aliphatic carbocycles. The highest BCUT2D eigenvalue weighted by Gasteiger charge is 2.25. The molecule has 0 radical (unpaired) electrons. The molecule has 20 heavy (non-hydrogen) atoms. The predicted octanol–water partition coefficient (Wildman–Crippen LogP) is 1.20. The lowest BCUT2D eigenvalue weighted by molar-refractivity contribution is 0.108. The van der Waals surface area contributed by atoms with Crippen LogP contribution < -0.4 is 16.2 Å². The van der Waals surface area contributed by atoms with E-state index in [4.69, 9.17) is 15.6 Å². The molecule has 1 saturated carbocycles. The van der Waals surface area contributed by atoms with E-state index in [0.29, 0.717) is 11.3 Å². The molecule has 1 aliphatic rings. The third-order valence-electron chi connectivity index (χ3n) is 3.77. The topological polar surface area (TPSA) is 107 Å². The van der Waals surface area contributed by atoms with Crippen molar-refractivity contribution in [2.45, 2.75) is 43.2 Å². The number of anilines is 2. The van der Waals surface area contributed by atoms with Gasteiger partial charge in [0, 0.05) is 24.5 Å². The lowest BCUT2D eigenvalue weighted by atomic mass is 10.1. The molecule has 1 aromatic rings. The van der Waals surface area contributed by atoms with Gasteiger partial charge in [-0.25, -0.2) is 13.6 Å². The zero-order valence-corrected chi connectivity index (χ0v) is 12.5. The van der Waals surface area contributed by atoms with Crippen LogP contribution in [0.3, 0.4) is 0 Å². The fourth-order valence-electron chi connectivity index (χ4n) is 2.66. The summed E-state index contributed by atoms with van der Waals surface area (Å²) < 4.78 is 28.5. The van der Waals surface area contributed by atoms with E-state index >= 15 is 0 Å². The number of nitrogen functional groups attached to an aromatic ring is 1. The highest BCUT2D eigenvalue weighted by molar-refractivity contribution is 7.89. The first-order chi connectivity index (χ1) is 9.31. The molecule has 0 heterocycles. The molecule has 2 atom stereocenters. The van der Waals surface area contributed by atoms with E-state index in [-0.39, 0.29) is 17.0 Å². The quantitative estimate of drug-likeness (QED) is 0.724. The molecule has 1 fully saturated rings. The smallest absolute Gasteiger partial charge is 0.238 e. The predicted molar refractivity (Wildman–Crippen MR) is 79.0 cm³/mol. The zero-order chi connectivity index (χ0) is 14.9. The summed E-state index contributed by atoms with van der Waals surface area (Å²) in [5.74, 6) is 0. The Morgan fingerprint density at radius 1 is 1.35 bits per heavy atom. The van der Waals surface area contributed by atoms with Crippen LogP contribution in [-0.2, 0) is 14.8 Å². The summed E-state index contributed by atoms with van der Waals surface area (Å²) in [6, 6.07) is 3.39. The Morgan fingerprint density at radius 3 is 2.60 bits per heavy atom. The Hall–Kier alpha value is -1.31. The summed E-state index contributed by atoms with van der Waals surface area (Å²) in [7, 11) is -2.07. The molecule has 0 saturated heterocycles. The first-order valence-corrected chi connectivity index (χ1v) is 8.08. The van der Waals surface area contributed by atoms with Crippen molar-refractivity contribution in [2.24, 2.45) is 5.14 Å². The van der Waals surface area contributed by atoms with Crippen molar-refractivity contribution in [2.75, 3.05) is 18.2 Å². The van der Waals surface area contributed by atoms with Crippen LogP contribution in [0.5, 0.6) is 0 Å². The standard InChI is InChI=1S/C13H21N3O3S/c1-8-12(16-10-3-4-11(7-10)19-2)5-9(14)6-13(8)20(15,17)18/h5-6,10-11,16H,3-4,7,14H2,1-2H3,(H2,15,17,18). The number of sulfonamides is 1. The molecule has 0 aliphatic heterocycles. The van der Waals surface area contributed by atoms with Gasteiger partial charge in [-0.3, -0.25) is 0 Å². The summed E-state index contributed by atoms with van der Waals surface area (Å²) in [5, 5.41) is 8.56. The molecular formula is C13H21N3O3S. The minimum atomic E-state index is -3.77. The maximum absolute atomic E-state index is 11.6. The minimum absolute atomic E-state index is 0.0706. The van der Waals surface area contributed by atoms with Crippen LogP contribution >= 0.6 is 0 Å². The Labute approximate surface area is 119 Å². The summed E-state index contributed by atoms with van der Waals surface area (Å²) in [6.07, 6.45) is 3.14. The lowest BCUT2D eigenvalue weighted by Gasteiger charge is -2.18. The Morgan fingerprint density at radius 2 is 2.05 bits per heavy atom. The van der Waals surface area contributed by atoms with Gasteiger partial charge in [0.15, 0.2) is 0 Å². The first-order valence-electron chi connectivity index (χ1n) is 6.53. The fourth-order valence-corrected chi connectivity index (χ4v) is 3.50. The van der Waals surface area contributed by atoms with E-state index in [2.05, 4.69) is 5.32 Å². The van der Waals surface area contributed by atoms with Crippen molar-refractivity contribution in [1.82, 2.24) is 0 Å². The van der Waals surface area contributed by atoms with Crippen molar-refractivity contribution in [3.63, 3.8) is 0 Å². The van der Waals surface area contributed by atoms with Crippen molar-refractivity contribution < 1.29 is 13.2 Å². The molecule has 2 unspecified atom stereocenters. The Bertz CT molecular complexity index is 601. The molecule has 0 aromatic heterocycles. The molecule has 1 aromatic carbocycles. The number of methoxy groups -OCH3 is 1. The molecule has 112 valence electrons. The van der Waals surface area contributed by atoms with Gasteiger partial charge < -0.3 is 15.8 Å². The van der Waals surface area contributed by atoms with Crippen molar-refractivity contribution in [1.29, 1.82) is 0 Å². The van der Waals surface area contributed by atoms with Gasteiger partial charge in [-0.2, -0.15) is 0 Å². The maximum atomic E-state index is 11.6. The molecule has 7 heteroatoms. The molecule has 0 spiro atoms. The van der Waals surface area contributed by atoms with Crippen molar-refractivity contribution in [3.05, 3.63) is 17.7 Å². The van der Waals surface area contributed by atoms with Gasteiger partial charge in [0.25, 0.3) is 0 Å². The maximum Gasteiger partial charge on any atom is 0.238 e. The van der Waals surface area contributed by atoms with Crippen molar-refractivity contribution >= 4 is 21.4 Å². The van der Waals surface area contributed by atoms with Crippen LogP contribution in [0.15, 0.2) is 17.0 Å². The number of rotatable bonds is 4. The summed E-state index contributed by atoms with van der Waals surface area (Å²) >= 11 is 0. The second kappa shape index (κ2) is 5.59. The second-order valence-electron chi connectivity index (χ2n) is 5.25. The van der Waals surface area contributed by atoms with Gasteiger partial charge in [0.2, 0.25) is 10.0 Å². The van der Waals surface area contributed by atoms with Gasteiger partial charge in [0.1, 0.15) is 0 Å². The number of ether oxygens (including phenoxy) is 1. The van der Waals surface area contributed by atoms with E-state index in [1.165, 1.54) is 6.07 Å². The Kier molecular flexibility index (Phi) is 4.22. The Balaban J connectivity index is 2.27. The first kappa shape index (κ1) is 15.1. The highest BCUT2D eigenvalue weighted by atomic mass is 32.2. The van der Waals surface area contributed by atoms with Crippen LogP contribution in [0.1, 0.15) is 24.8 Å². The van der Waals surface area contributed by atoms with E-state index in [1.807, 2.05) is 0 Å². The average Bonchev–Trinajstić information content (AvgIpc) is 2.79. The fraction of sp³-hybridized carbons (Fsp3) is 0.538. The van der Waals surface area contributed by atoms with Gasteiger partial charge >= 0.3 is 0 Å². The molecule has 6 nitrogen and oxygen atoms in total. The van der Waals surface area contributed by atoms with E-state index < -0.39 is 10.0 Å². The van der Waals surface area contributed by atoms with Crippen LogP contribution in [-0.4, -0.2) is 27.7 Å². The third kappa shape index (κ3) is 3.23. The van der Waals surface area contributed by atoms with Gasteiger partial charge in [-0.15, -0.1) is 0 Å². The zero-order valence-electron chi connectivity index (χ0n) is 11.7. The molecule has 5 N–H and O–H groups in total. The van der Waals surface area contributed by atoms with Crippen LogP contribution in [0.2, 0.25) is 0 Å². The summed E-state index contributed by atoms with van der Waals surface area (Å²) in [5.41, 5.74) is 7.46. The number of primary sulfonamides is 1. The second-order valence-corrected chi connectivity index (χ2v) is 6.78. The number of benzene rings is 1. The monoisotopic (exact) mass is 299 g/mol. The average molecular weight is 299 g/mol. The van der Waals surface area contributed by atoms with Crippen LogP contribution in [0.4, 0.5) is 11.4 Å². The van der Waals surface area contributed by atoms with Crippen LogP contribution in [0.25, 0.3) is 0 Å². The molecule has 0 bridgehead atoms. The lowest BCUT2D eigenvalue weighted by Crippen LogP contribution is -2.20. The normalized spacial score (nSPS) is 22.9. The summed E-state index contributed by atoms with van der Waals surface area (Å²) in [6.45, 7) is 1.73. The SMILES string of the molecule is COC1CCC(Nc2cc(N)cc(S(N)(=O)=O)c2C)C1.